The summed E-state index contributed by atoms with van der Waals surface area (Å²) in [5, 5.41) is 17.4. The maximum atomic E-state index is 13.0. The van der Waals surface area contributed by atoms with Gasteiger partial charge < -0.3 is 15.7 Å². The number of aliphatic imine (C=N–C) groups is 1. The highest BCUT2D eigenvalue weighted by atomic mass is 19.4. The molecule has 0 aromatic heterocycles. The molecule has 138 valence electrons. The maximum absolute atomic E-state index is 13.0. The molecular formula is C14H14F6N4O. The average molecular weight is 368 g/mol. The Morgan fingerprint density at radius 1 is 1.24 bits per heavy atom. The molecule has 0 saturated carbocycles. The molecular weight excluding hydrogens is 354 g/mol. The summed E-state index contributed by atoms with van der Waals surface area (Å²) < 4.78 is 77.1. The van der Waals surface area contributed by atoms with Crippen molar-refractivity contribution in [3.05, 3.63) is 29.3 Å². The number of halogens is 6. The molecule has 1 aromatic rings. The van der Waals surface area contributed by atoms with E-state index in [0.717, 1.165) is 12.1 Å². The second-order valence-electron chi connectivity index (χ2n) is 4.91. The maximum Gasteiger partial charge on any atom is 0.417 e. The van der Waals surface area contributed by atoms with Gasteiger partial charge in [-0.1, -0.05) is 0 Å². The van der Waals surface area contributed by atoms with Crippen LogP contribution < -0.4 is 10.6 Å². The summed E-state index contributed by atoms with van der Waals surface area (Å²) in [5.41, 5.74) is 3.00. The number of hydrogen-bond acceptors (Lipinski definition) is 4. The van der Waals surface area contributed by atoms with Crippen LogP contribution >= 0.6 is 0 Å². The molecule has 0 aliphatic rings. The Morgan fingerprint density at radius 3 is 2.36 bits per heavy atom. The zero-order valence-electron chi connectivity index (χ0n) is 12.7. The van der Waals surface area contributed by atoms with Crippen molar-refractivity contribution in [2.75, 3.05) is 31.1 Å². The molecule has 0 radical (unpaired) electrons. The number of benzene rings is 1. The fourth-order valence-corrected chi connectivity index (χ4v) is 1.96. The van der Waals surface area contributed by atoms with Crippen LogP contribution in [-0.4, -0.2) is 43.4 Å². The lowest BCUT2D eigenvalue weighted by molar-refractivity contribution is -0.137. The Balaban J connectivity index is 3.28. The molecule has 0 spiro atoms. The normalized spacial score (nSPS) is 12.8. The number of aliphatic hydroxyl groups excluding tert-OH is 1. The molecule has 1 rings (SSSR count). The van der Waals surface area contributed by atoms with Crippen LogP contribution in [0, 0.1) is 11.3 Å². The number of amidine groups is 1. The SMILES string of the molecule is N#Cc1ccc(N(CC(N)=NCCO)CC(F)(F)F)cc1C(F)(F)F. The van der Waals surface area contributed by atoms with Crippen molar-refractivity contribution in [3.8, 4) is 6.07 Å². The number of nitrogens with zero attached hydrogens (tertiary/aromatic N) is 3. The molecule has 3 N–H and O–H groups in total. The van der Waals surface area contributed by atoms with Gasteiger partial charge in [0.25, 0.3) is 0 Å². The van der Waals surface area contributed by atoms with Crippen LogP contribution in [-0.2, 0) is 6.18 Å². The van der Waals surface area contributed by atoms with Gasteiger partial charge in [0.15, 0.2) is 0 Å². The van der Waals surface area contributed by atoms with E-state index in [4.69, 9.17) is 16.1 Å². The van der Waals surface area contributed by atoms with Gasteiger partial charge in [0.05, 0.1) is 36.9 Å². The molecule has 0 amide bonds. The minimum Gasteiger partial charge on any atom is -0.394 e. The number of alkyl halides is 6. The van der Waals surface area contributed by atoms with Crippen molar-refractivity contribution in [3.63, 3.8) is 0 Å². The predicted octanol–water partition coefficient (Wildman–Crippen LogP) is 2.30. The van der Waals surface area contributed by atoms with E-state index >= 15 is 0 Å². The molecule has 11 heteroatoms. The highest BCUT2D eigenvalue weighted by Gasteiger charge is 2.36. The topological polar surface area (TPSA) is 85.6 Å². The van der Waals surface area contributed by atoms with Gasteiger partial charge in [-0.05, 0) is 18.2 Å². The zero-order chi connectivity index (χ0) is 19.3. The van der Waals surface area contributed by atoms with Crippen LogP contribution in [0.5, 0.6) is 0 Å². The van der Waals surface area contributed by atoms with E-state index in [0.29, 0.717) is 11.0 Å². The standard InChI is InChI=1S/C14H14F6N4O/c15-13(16,17)8-24(7-12(22)23-3-4-25)10-2-1-9(6-21)11(5-10)14(18,19)20/h1-2,5,25H,3-4,7-8H2,(H2,22,23). The third-order valence-electron chi connectivity index (χ3n) is 2.93. The molecule has 0 fully saturated rings. The molecule has 0 unspecified atom stereocenters. The third-order valence-corrected chi connectivity index (χ3v) is 2.93. The molecule has 0 bridgehead atoms. The van der Waals surface area contributed by atoms with Crippen molar-refractivity contribution in [2.45, 2.75) is 12.4 Å². The Hall–Kier alpha value is -2.48. The van der Waals surface area contributed by atoms with E-state index in [-0.39, 0.29) is 19.0 Å². The first kappa shape index (κ1) is 20.6. The highest BCUT2D eigenvalue weighted by Crippen LogP contribution is 2.35. The summed E-state index contributed by atoms with van der Waals surface area (Å²) in [4.78, 5) is 4.17. The fourth-order valence-electron chi connectivity index (χ4n) is 1.96. The summed E-state index contributed by atoms with van der Waals surface area (Å²) >= 11 is 0. The highest BCUT2D eigenvalue weighted by molar-refractivity contribution is 5.85. The molecule has 25 heavy (non-hydrogen) atoms. The van der Waals surface area contributed by atoms with E-state index in [2.05, 4.69) is 4.99 Å². The van der Waals surface area contributed by atoms with Gasteiger partial charge in [-0.2, -0.15) is 31.6 Å². The summed E-state index contributed by atoms with van der Waals surface area (Å²) in [5.74, 6) is -0.281. The van der Waals surface area contributed by atoms with Crippen molar-refractivity contribution in [2.24, 2.45) is 10.7 Å². The average Bonchev–Trinajstić information content (AvgIpc) is 2.49. The van der Waals surface area contributed by atoms with Crippen LogP contribution in [0.25, 0.3) is 0 Å². The molecule has 0 aliphatic heterocycles. The second-order valence-corrected chi connectivity index (χ2v) is 4.91. The van der Waals surface area contributed by atoms with Crippen molar-refractivity contribution >= 4 is 11.5 Å². The lowest BCUT2D eigenvalue weighted by Gasteiger charge is -2.26. The van der Waals surface area contributed by atoms with E-state index < -0.39 is 42.3 Å². The Kier molecular flexibility index (Phi) is 6.63. The minimum atomic E-state index is -4.90. The van der Waals surface area contributed by atoms with Crippen LogP contribution in [0.1, 0.15) is 11.1 Å². The van der Waals surface area contributed by atoms with Gasteiger partial charge in [-0.3, -0.25) is 4.99 Å². The van der Waals surface area contributed by atoms with E-state index in [1.54, 1.807) is 0 Å². The summed E-state index contributed by atoms with van der Waals surface area (Å²) in [6.07, 6.45) is -9.61. The van der Waals surface area contributed by atoms with Crippen LogP contribution in [0.4, 0.5) is 32.0 Å². The smallest absolute Gasteiger partial charge is 0.394 e. The Labute approximate surface area is 139 Å². The van der Waals surface area contributed by atoms with Gasteiger partial charge in [-0.15, -0.1) is 0 Å². The molecule has 5 nitrogen and oxygen atoms in total. The number of aliphatic hydroxyl groups is 1. The number of nitriles is 1. The van der Waals surface area contributed by atoms with Crippen molar-refractivity contribution in [1.29, 1.82) is 5.26 Å². The van der Waals surface area contributed by atoms with Gasteiger partial charge in [0, 0.05) is 5.69 Å². The van der Waals surface area contributed by atoms with Gasteiger partial charge in [-0.25, -0.2) is 0 Å². The summed E-state index contributed by atoms with van der Waals surface area (Å²) in [7, 11) is 0. The number of hydrogen-bond donors (Lipinski definition) is 2. The van der Waals surface area contributed by atoms with Gasteiger partial charge >= 0.3 is 12.4 Å². The van der Waals surface area contributed by atoms with E-state index in [1.165, 1.54) is 6.07 Å². The molecule has 1 aromatic carbocycles. The van der Waals surface area contributed by atoms with Crippen LogP contribution in [0.2, 0.25) is 0 Å². The van der Waals surface area contributed by atoms with E-state index in [9.17, 15) is 26.3 Å². The molecule has 0 heterocycles. The molecule has 0 atom stereocenters. The van der Waals surface area contributed by atoms with Crippen molar-refractivity contribution < 1.29 is 31.4 Å². The number of anilines is 1. The summed E-state index contributed by atoms with van der Waals surface area (Å²) in [6.45, 7) is -2.68. The first-order valence-electron chi connectivity index (χ1n) is 6.80. The minimum absolute atomic E-state index is 0.146. The Morgan fingerprint density at radius 2 is 1.88 bits per heavy atom. The quantitative estimate of drug-likeness (QED) is 0.458. The summed E-state index contributed by atoms with van der Waals surface area (Å²) in [6, 6.07) is 3.58. The Bertz CT molecular complexity index is 663. The lowest BCUT2D eigenvalue weighted by atomic mass is 10.1. The van der Waals surface area contributed by atoms with E-state index in [1.807, 2.05) is 0 Å². The van der Waals surface area contributed by atoms with Crippen LogP contribution in [0.15, 0.2) is 23.2 Å². The first-order valence-corrected chi connectivity index (χ1v) is 6.80. The molecule has 0 aliphatic carbocycles. The largest absolute Gasteiger partial charge is 0.417 e. The van der Waals surface area contributed by atoms with Gasteiger partial charge in [0.1, 0.15) is 12.4 Å². The van der Waals surface area contributed by atoms with Gasteiger partial charge in [0.2, 0.25) is 0 Å². The van der Waals surface area contributed by atoms with Crippen molar-refractivity contribution in [1.82, 2.24) is 0 Å². The van der Waals surface area contributed by atoms with Crippen LogP contribution in [0.3, 0.4) is 0 Å². The zero-order valence-corrected chi connectivity index (χ0v) is 12.7. The lowest BCUT2D eigenvalue weighted by Crippen LogP contribution is -2.40. The number of nitrogens with two attached hydrogens (primary N) is 1. The fraction of sp³-hybridized carbons (Fsp3) is 0.429. The first-order chi connectivity index (χ1) is 11.5. The number of rotatable bonds is 6. The molecule has 0 saturated heterocycles. The second kappa shape index (κ2) is 8.06. The predicted molar refractivity (Wildman–Crippen MR) is 78.0 cm³/mol. The monoisotopic (exact) mass is 368 g/mol. The third kappa shape index (κ3) is 6.50.